The van der Waals surface area contributed by atoms with Crippen molar-refractivity contribution in [2.75, 3.05) is 6.26 Å². The quantitative estimate of drug-likeness (QED) is 0.530. The Kier molecular flexibility index (Phi) is 10.5. The topological polar surface area (TPSA) is 26.3 Å². The van der Waals surface area contributed by atoms with Gasteiger partial charge >= 0.3 is 0 Å². The van der Waals surface area contributed by atoms with Gasteiger partial charge in [0.15, 0.2) is 0 Å². The fourth-order valence-corrected chi connectivity index (χ4v) is 3.01. The maximum atomic E-state index is 11.2. The minimum atomic E-state index is -2.45. The molecule has 0 aromatic heterocycles. The fourth-order valence-electron chi connectivity index (χ4n) is 1.91. The summed E-state index contributed by atoms with van der Waals surface area (Å²) in [6.45, 7) is 4.20. The van der Waals surface area contributed by atoms with Crippen molar-refractivity contribution < 1.29 is 8.39 Å². The lowest BCUT2D eigenvalue weighted by Crippen LogP contribution is -2.12. The van der Waals surface area contributed by atoms with Crippen molar-refractivity contribution in [3.8, 4) is 0 Å². The molecule has 4 heteroatoms. The average Bonchev–Trinajstić information content (AvgIpc) is 2.19. The third-order valence-electron chi connectivity index (χ3n) is 2.80. The highest BCUT2D eigenvalue weighted by Gasteiger charge is 2.06. The predicted octanol–water partition coefficient (Wildman–Crippen LogP) is 4.21. The second-order valence-corrected chi connectivity index (χ2v) is 8.29. The number of hydrogen-bond donors (Lipinski definition) is 0. The minimum absolute atomic E-state index is 0.0325. The Labute approximate surface area is 112 Å². The van der Waals surface area contributed by atoms with Crippen LogP contribution in [0.5, 0.6) is 0 Å². The molecule has 0 fully saturated rings. The Morgan fingerprint density at radius 1 is 1.06 bits per heavy atom. The molecule has 0 spiro atoms. The van der Waals surface area contributed by atoms with Crippen molar-refractivity contribution in [1.29, 1.82) is 0 Å². The molecule has 0 saturated heterocycles. The van der Waals surface area contributed by atoms with Gasteiger partial charge < -0.3 is 0 Å². The van der Waals surface area contributed by atoms with E-state index in [4.69, 9.17) is 15.4 Å². The van der Waals surface area contributed by atoms with Crippen LogP contribution >= 0.6 is 0 Å². The molecule has 2 nitrogen and oxygen atoms in total. The summed E-state index contributed by atoms with van der Waals surface area (Å²) in [5.41, 5.74) is 0. The Bertz CT molecular complexity index is 261. The lowest BCUT2D eigenvalue weighted by Gasteiger charge is -2.11. The Morgan fingerprint density at radius 3 is 2.00 bits per heavy atom. The van der Waals surface area contributed by atoms with Crippen molar-refractivity contribution >= 4 is 20.0 Å². The van der Waals surface area contributed by atoms with Crippen LogP contribution in [0.1, 0.15) is 71.6 Å². The second kappa shape index (κ2) is 10.3. The molecule has 104 valence electrons. The van der Waals surface area contributed by atoms with E-state index in [2.05, 4.69) is 6.92 Å². The van der Waals surface area contributed by atoms with E-state index in [-0.39, 0.29) is 6.10 Å². The molecule has 0 aliphatic carbocycles. The Balaban J connectivity index is 3.28. The van der Waals surface area contributed by atoms with Gasteiger partial charge in [0.2, 0.25) is 0 Å². The van der Waals surface area contributed by atoms with Crippen LogP contribution in [0.2, 0.25) is 0 Å². The standard InChI is InChI=1S/C13H28O2S2/c1-4-5-6-7-8-9-10-11-12-13(2)15-17(3,14)16/h13H,4-12H2,1-3H3. The zero-order chi connectivity index (χ0) is 13.1. The lowest BCUT2D eigenvalue weighted by molar-refractivity contribution is 0.230. The molecule has 0 N–H and O–H groups in total. The van der Waals surface area contributed by atoms with E-state index in [1.54, 1.807) is 0 Å². The molecule has 2 atom stereocenters. The van der Waals surface area contributed by atoms with Gasteiger partial charge in [-0.3, -0.25) is 4.18 Å². The van der Waals surface area contributed by atoms with Gasteiger partial charge in [-0.15, -0.1) is 0 Å². The van der Waals surface area contributed by atoms with E-state index in [0.29, 0.717) is 0 Å². The molecule has 0 amide bonds. The van der Waals surface area contributed by atoms with Gasteiger partial charge in [-0.05, 0) is 13.3 Å². The van der Waals surface area contributed by atoms with E-state index >= 15 is 0 Å². The summed E-state index contributed by atoms with van der Waals surface area (Å²) in [5.74, 6) is 0. The van der Waals surface area contributed by atoms with Gasteiger partial charge in [-0.25, -0.2) is 4.21 Å². The van der Waals surface area contributed by atoms with Gasteiger partial charge in [0.05, 0.1) is 6.10 Å². The molecule has 0 heterocycles. The lowest BCUT2D eigenvalue weighted by atomic mass is 10.1. The second-order valence-electron chi connectivity index (χ2n) is 4.87. The summed E-state index contributed by atoms with van der Waals surface area (Å²) < 4.78 is 16.5. The van der Waals surface area contributed by atoms with Crippen LogP contribution in [0.15, 0.2) is 0 Å². The van der Waals surface area contributed by atoms with E-state index in [9.17, 15) is 4.21 Å². The van der Waals surface area contributed by atoms with Gasteiger partial charge in [0.1, 0.15) is 8.77 Å². The number of hydrogen-bond acceptors (Lipinski definition) is 3. The summed E-state index contributed by atoms with van der Waals surface area (Å²) in [4.78, 5) is 0. The predicted molar refractivity (Wildman–Crippen MR) is 79.2 cm³/mol. The maximum Gasteiger partial charge on any atom is 0.141 e. The minimum Gasteiger partial charge on any atom is -0.287 e. The average molecular weight is 280 g/mol. The van der Waals surface area contributed by atoms with Crippen LogP contribution in [0.3, 0.4) is 0 Å². The van der Waals surface area contributed by atoms with Crippen LogP contribution < -0.4 is 0 Å². The third-order valence-corrected chi connectivity index (χ3v) is 3.72. The van der Waals surface area contributed by atoms with Crippen LogP contribution in [0.25, 0.3) is 0 Å². The van der Waals surface area contributed by atoms with Crippen molar-refractivity contribution in [1.82, 2.24) is 0 Å². The molecule has 0 rings (SSSR count). The summed E-state index contributed by atoms with van der Waals surface area (Å²) in [6.07, 6.45) is 13.0. The molecule has 0 saturated carbocycles. The summed E-state index contributed by atoms with van der Waals surface area (Å²) in [5, 5.41) is 0. The van der Waals surface area contributed by atoms with E-state index in [1.807, 2.05) is 6.92 Å². The summed E-state index contributed by atoms with van der Waals surface area (Å²) in [6, 6.07) is 0. The summed E-state index contributed by atoms with van der Waals surface area (Å²) >= 11 is 4.73. The molecule has 2 unspecified atom stereocenters. The first-order valence-corrected chi connectivity index (χ1v) is 9.65. The van der Waals surface area contributed by atoms with Crippen molar-refractivity contribution in [2.24, 2.45) is 0 Å². The van der Waals surface area contributed by atoms with E-state index < -0.39 is 8.77 Å². The highest BCUT2D eigenvalue weighted by Crippen LogP contribution is 2.12. The molecular weight excluding hydrogens is 252 g/mol. The number of unbranched alkanes of at least 4 members (excludes halogenated alkanes) is 7. The molecule has 0 aromatic carbocycles. The van der Waals surface area contributed by atoms with E-state index in [0.717, 1.165) is 12.8 Å². The maximum absolute atomic E-state index is 11.2. The zero-order valence-electron chi connectivity index (χ0n) is 11.6. The SMILES string of the molecule is CCCCCCCCCCC(C)OS(C)(=O)=S. The first kappa shape index (κ1) is 17.3. The number of rotatable bonds is 11. The fraction of sp³-hybridized carbons (Fsp3) is 1.00. The molecule has 0 aliphatic rings. The molecule has 0 aliphatic heterocycles. The van der Waals surface area contributed by atoms with Gasteiger partial charge in [-0.1, -0.05) is 58.3 Å². The smallest absolute Gasteiger partial charge is 0.141 e. The van der Waals surface area contributed by atoms with Gasteiger partial charge in [-0.2, -0.15) is 0 Å². The van der Waals surface area contributed by atoms with Crippen LogP contribution in [-0.2, 0) is 24.1 Å². The monoisotopic (exact) mass is 280 g/mol. The highest BCUT2D eigenvalue weighted by molar-refractivity contribution is 8.29. The van der Waals surface area contributed by atoms with Crippen molar-refractivity contribution in [3.63, 3.8) is 0 Å². The van der Waals surface area contributed by atoms with Gasteiger partial charge in [0.25, 0.3) is 0 Å². The summed E-state index contributed by atoms with van der Waals surface area (Å²) in [7, 11) is -2.45. The first-order valence-electron chi connectivity index (χ1n) is 6.84. The first-order chi connectivity index (χ1) is 7.95. The largest absolute Gasteiger partial charge is 0.287 e. The van der Waals surface area contributed by atoms with Crippen molar-refractivity contribution in [2.45, 2.75) is 77.7 Å². The van der Waals surface area contributed by atoms with Gasteiger partial charge in [0, 0.05) is 17.4 Å². The highest BCUT2D eigenvalue weighted by atomic mass is 32.8. The van der Waals surface area contributed by atoms with Crippen LogP contribution in [-0.4, -0.2) is 16.6 Å². The third kappa shape index (κ3) is 14.3. The molecule has 17 heavy (non-hydrogen) atoms. The zero-order valence-corrected chi connectivity index (χ0v) is 13.2. The molecule has 0 bridgehead atoms. The normalized spacial score (nSPS) is 16.6. The van der Waals surface area contributed by atoms with Crippen LogP contribution in [0.4, 0.5) is 0 Å². The molecule has 0 aromatic rings. The molecular formula is C13H28O2S2. The van der Waals surface area contributed by atoms with Crippen LogP contribution in [0, 0.1) is 0 Å². The van der Waals surface area contributed by atoms with Crippen molar-refractivity contribution in [3.05, 3.63) is 0 Å². The molecule has 0 radical (unpaired) electrons. The Morgan fingerprint density at radius 2 is 1.53 bits per heavy atom. The Hall–Kier alpha value is 0.330. The van der Waals surface area contributed by atoms with E-state index in [1.165, 1.54) is 51.2 Å².